The van der Waals surface area contributed by atoms with Gasteiger partial charge in [0.05, 0.1) is 28.2 Å². The molecule has 0 saturated carbocycles. The molecule has 0 fully saturated rings. The number of rotatable bonds is 14. The maximum absolute atomic E-state index is 14.7. The number of amides is 3. The Morgan fingerprint density at radius 2 is 1.50 bits per heavy atom. The molecule has 11 heteroatoms. The van der Waals surface area contributed by atoms with Gasteiger partial charge in [0.25, 0.3) is 17.7 Å². The van der Waals surface area contributed by atoms with Gasteiger partial charge in [0.1, 0.15) is 5.69 Å². The predicted molar refractivity (Wildman–Crippen MR) is 213 cm³/mol. The van der Waals surface area contributed by atoms with Crippen LogP contribution in [0, 0.1) is 11.8 Å². The molecule has 0 saturated heterocycles. The second-order valence-electron chi connectivity index (χ2n) is 13.8. The first-order chi connectivity index (χ1) is 26.2. The maximum atomic E-state index is 14.7. The van der Waals surface area contributed by atoms with Crippen molar-refractivity contribution in [2.75, 3.05) is 23.7 Å². The van der Waals surface area contributed by atoms with Crippen LogP contribution in [-0.4, -0.2) is 56.4 Å². The molecule has 0 bridgehead atoms. The van der Waals surface area contributed by atoms with Gasteiger partial charge in [-0.3, -0.25) is 14.4 Å². The minimum atomic E-state index is -0.413. The SMILES string of the molecule is CCCCN(CCCC)C(=O)c1cc(C)n(-c2ccc(NC(=O)c3ccccc3Nc3ccccc3N=O)cc2C(=O)N2Cc3ccccc3C[C@H]2C)n1. The number of benzene rings is 4. The van der Waals surface area contributed by atoms with Crippen LogP contribution in [0.15, 0.2) is 102 Å². The second-order valence-corrected chi connectivity index (χ2v) is 13.8. The van der Waals surface area contributed by atoms with Gasteiger partial charge >= 0.3 is 0 Å². The van der Waals surface area contributed by atoms with Crippen molar-refractivity contribution in [2.24, 2.45) is 5.18 Å². The number of hydrogen-bond donors (Lipinski definition) is 2. The number of carbonyl (C=O) groups excluding carboxylic acids is 3. The summed E-state index contributed by atoms with van der Waals surface area (Å²) in [4.78, 5) is 57.5. The first-order valence-electron chi connectivity index (χ1n) is 18.7. The molecule has 0 unspecified atom stereocenters. The average Bonchev–Trinajstić information content (AvgIpc) is 3.58. The number of unbranched alkanes of at least 4 members (excludes halogenated alkanes) is 2. The molecule has 2 heterocycles. The highest BCUT2D eigenvalue weighted by Crippen LogP contribution is 2.31. The van der Waals surface area contributed by atoms with Gasteiger partial charge in [0.15, 0.2) is 5.69 Å². The van der Waals surface area contributed by atoms with Crippen molar-refractivity contribution >= 4 is 40.5 Å². The van der Waals surface area contributed by atoms with Crippen molar-refractivity contribution in [3.8, 4) is 5.69 Å². The van der Waals surface area contributed by atoms with E-state index in [1.807, 2.05) is 41.8 Å². The highest BCUT2D eigenvalue weighted by atomic mass is 16.3. The summed E-state index contributed by atoms with van der Waals surface area (Å²) in [5, 5.41) is 14.0. The number of para-hydroxylation sites is 2. The van der Waals surface area contributed by atoms with Gasteiger partial charge in [-0.2, -0.15) is 5.10 Å². The summed E-state index contributed by atoms with van der Waals surface area (Å²) < 4.78 is 1.66. The summed E-state index contributed by atoms with van der Waals surface area (Å²) in [5.74, 6) is -0.752. The van der Waals surface area contributed by atoms with Gasteiger partial charge in [-0.05, 0) is 97.9 Å². The Kier molecular flexibility index (Phi) is 12.0. The molecule has 54 heavy (non-hydrogen) atoms. The van der Waals surface area contributed by atoms with E-state index >= 15 is 0 Å². The van der Waals surface area contributed by atoms with E-state index in [1.165, 1.54) is 5.56 Å². The minimum Gasteiger partial charge on any atom is -0.353 e. The largest absolute Gasteiger partial charge is 0.353 e. The van der Waals surface area contributed by atoms with Crippen LogP contribution < -0.4 is 10.6 Å². The van der Waals surface area contributed by atoms with Crippen molar-refractivity contribution in [2.45, 2.75) is 72.4 Å². The maximum Gasteiger partial charge on any atom is 0.274 e. The smallest absolute Gasteiger partial charge is 0.274 e. The summed E-state index contributed by atoms with van der Waals surface area (Å²) in [6.07, 6.45) is 4.48. The van der Waals surface area contributed by atoms with E-state index in [0.29, 0.717) is 71.3 Å². The zero-order valence-electron chi connectivity index (χ0n) is 31.3. The molecule has 11 nitrogen and oxygen atoms in total. The van der Waals surface area contributed by atoms with Crippen LogP contribution in [0.5, 0.6) is 0 Å². The average molecular weight is 726 g/mol. The lowest BCUT2D eigenvalue weighted by Crippen LogP contribution is -2.43. The molecular formula is C43H47N7O4. The third kappa shape index (κ3) is 8.25. The molecular weight excluding hydrogens is 679 g/mol. The standard InChI is InChI=1S/C43H47N7O4/c1-5-7-23-48(24-8-6-2)43(53)39-26-30(4)50(46-39)40-22-21-33(27-35(40)42(52)49-28-32-16-10-9-15-31(32)25-29(49)3)44-41(51)34-17-11-12-18-36(34)45-37-19-13-14-20-38(37)47-54/h9-22,26-27,29,45H,5-8,23-25,28H2,1-4H3,(H,44,51)/t29-/m1/s1. The van der Waals surface area contributed by atoms with Crippen molar-refractivity contribution < 1.29 is 14.4 Å². The summed E-state index contributed by atoms with van der Waals surface area (Å²) >= 11 is 0. The third-order valence-electron chi connectivity index (χ3n) is 9.88. The molecule has 0 spiro atoms. The predicted octanol–water partition coefficient (Wildman–Crippen LogP) is 9.20. The van der Waals surface area contributed by atoms with Crippen LogP contribution >= 0.6 is 0 Å². The van der Waals surface area contributed by atoms with Gasteiger partial charge in [0, 0.05) is 37.1 Å². The quantitative estimate of drug-likeness (QED) is 0.110. The zero-order chi connectivity index (χ0) is 38.2. The highest BCUT2D eigenvalue weighted by molar-refractivity contribution is 6.09. The Morgan fingerprint density at radius 1 is 0.833 bits per heavy atom. The lowest BCUT2D eigenvalue weighted by Gasteiger charge is -2.35. The summed E-state index contributed by atoms with van der Waals surface area (Å²) in [6.45, 7) is 9.89. The minimum absolute atomic E-state index is 0.0817. The molecule has 4 aromatic carbocycles. The molecule has 0 radical (unpaired) electrons. The summed E-state index contributed by atoms with van der Waals surface area (Å²) in [5.41, 5.74) is 6.10. The van der Waals surface area contributed by atoms with E-state index in [2.05, 4.69) is 35.7 Å². The fourth-order valence-corrected chi connectivity index (χ4v) is 6.87. The Morgan fingerprint density at radius 3 is 2.22 bits per heavy atom. The molecule has 1 aliphatic heterocycles. The molecule has 0 aliphatic carbocycles. The Balaban J connectivity index is 1.36. The van der Waals surface area contributed by atoms with Gasteiger partial charge < -0.3 is 20.4 Å². The topological polar surface area (TPSA) is 129 Å². The summed E-state index contributed by atoms with van der Waals surface area (Å²) in [7, 11) is 0. The Bertz CT molecular complexity index is 2150. The molecule has 2 N–H and O–H groups in total. The van der Waals surface area contributed by atoms with Gasteiger partial charge in [-0.25, -0.2) is 4.68 Å². The number of nitroso groups, excluding NO2 is 1. The number of hydrogen-bond acceptors (Lipinski definition) is 7. The molecule has 1 atom stereocenters. The van der Waals surface area contributed by atoms with Crippen molar-refractivity contribution in [1.29, 1.82) is 0 Å². The third-order valence-corrected chi connectivity index (χ3v) is 9.88. The molecule has 1 aliphatic rings. The van der Waals surface area contributed by atoms with Crippen LogP contribution in [0.2, 0.25) is 0 Å². The number of nitrogens with one attached hydrogen (secondary N) is 2. The monoisotopic (exact) mass is 725 g/mol. The molecule has 3 amide bonds. The first kappa shape index (κ1) is 37.7. The van der Waals surface area contributed by atoms with Crippen LogP contribution in [0.4, 0.5) is 22.7 Å². The van der Waals surface area contributed by atoms with Gasteiger partial charge in [-0.1, -0.05) is 75.2 Å². The first-order valence-corrected chi connectivity index (χ1v) is 18.7. The van der Waals surface area contributed by atoms with Crippen molar-refractivity contribution in [1.82, 2.24) is 19.6 Å². The van der Waals surface area contributed by atoms with Crippen LogP contribution in [-0.2, 0) is 13.0 Å². The zero-order valence-corrected chi connectivity index (χ0v) is 31.3. The van der Waals surface area contributed by atoms with E-state index in [1.54, 1.807) is 77.5 Å². The molecule has 278 valence electrons. The van der Waals surface area contributed by atoms with Crippen LogP contribution in [0.25, 0.3) is 5.69 Å². The van der Waals surface area contributed by atoms with E-state index in [4.69, 9.17) is 5.10 Å². The summed E-state index contributed by atoms with van der Waals surface area (Å²) in [6, 6.07) is 28.8. The second kappa shape index (κ2) is 17.2. The highest BCUT2D eigenvalue weighted by Gasteiger charge is 2.30. The van der Waals surface area contributed by atoms with E-state index in [-0.39, 0.29) is 23.5 Å². The van der Waals surface area contributed by atoms with E-state index in [0.717, 1.165) is 31.2 Å². The number of nitrogens with zero attached hydrogens (tertiary/aromatic N) is 5. The Hall–Kier alpha value is -6.10. The lowest BCUT2D eigenvalue weighted by atomic mass is 9.94. The number of aromatic nitrogens is 2. The molecule has 6 rings (SSSR count). The van der Waals surface area contributed by atoms with E-state index in [9.17, 15) is 19.3 Å². The molecule has 5 aromatic rings. The lowest BCUT2D eigenvalue weighted by molar-refractivity contribution is 0.0657. The van der Waals surface area contributed by atoms with Crippen molar-refractivity contribution in [3.05, 3.63) is 136 Å². The van der Waals surface area contributed by atoms with Gasteiger partial charge in [0.2, 0.25) is 0 Å². The fraction of sp³-hybridized carbons (Fsp3) is 0.302. The number of fused-ring (bicyclic) bond motifs is 1. The Labute approximate surface area is 316 Å². The fourth-order valence-electron chi connectivity index (χ4n) is 6.87. The molecule has 1 aromatic heterocycles. The van der Waals surface area contributed by atoms with E-state index < -0.39 is 5.91 Å². The number of aryl methyl sites for hydroxylation is 1. The van der Waals surface area contributed by atoms with Crippen molar-refractivity contribution in [3.63, 3.8) is 0 Å². The number of carbonyl (C=O) groups is 3. The van der Waals surface area contributed by atoms with Crippen LogP contribution in [0.1, 0.15) is 94.5 Å². The normalized spacial score (nSPS) is 13.6. The van der Waals surface area contributed by atoms with Gasteiger partial charge in [-0.15, -0.1) is 4.91 Å². The van der Waals surface area contributed by atoms with Crippen LogP contribution in [0.3, 0.4) is 0 Å². The number of anilines is 3.